The van der Waals surface area contributed by atoms with Gasteiger partial charge in [0.2, 0.25) is 5.91 Å². The summed E-state index contributed by atoms with van der Waals surface area (Å²) in [6, 6.07) is 11.0. The van der Waals surface area contributed by atoms with E-state index in [0.29, 0.717) is 61.1 Å². The fourth-order valence-electron chi connectivity index (χ4n) is 5.66. The molecule has 1 aliphatic carbocycles. The lowest BCUT2D eigenvalue weighted by Gasteiger charge is -2.35. The van der Waals surface area contributed by atoms with E-state index in [1.54, 1.807) is 17.7 Å². The molecule has 2 aromatic carbocycles. The van der Waals surface area contributed by atoms with Gasteiger partial charge in [-0.15, -0.1) is 0 Å². The number of nitrogens with zero attached hydrogens (tertiary/aromatic N) is 1. The van der Waals surface area contributed by atoms with E-state index in [9.17, 15) is 14.4 Å². The predicted molar refractivity (Wildman–Crippen MR) is 140 cm³/mol. The first kappa shape index (κ1) is 25.0. The van der Waals surface area contributed by atoms with E-state index < -0.39 is 11.5 Å². The van der Waals surface area contributed by atoms with Crippen LogP contribution >= 0.6 is 0 Å². The number of carbonyl (C=O) groups excluding carboxylic acids is 2. The van der Waals surface area contributed by atoms with E-state index in [0.717, 1.165) is 11.3 Å². The number of aromatic nitrogens is 2. The number of hydrogen-bond acceptors (Lipinski definition) is 6. The van der Waals surface area contributed by atoms with E-state index in [4.69, 9.17) is 15.2 Å². The molecule has 37 heavy (non-hydrogen) atoms. The summed E-state index contributed by atoms with van der Waals surface area (Å²) >= 11 is 0. The van der Waals surface area contributed by atoms with Crippen LogP contribution in [0.4, 0.5) is 5.69 Å². The summed E-state index contributed by atoms with van der Waals surface area (Å²) in [5.41, 5.74) is 7.73. The number of aryl methyl sites for hydroxylation is 1. The van der Waals surface area contributed by atoms with Crippen LogP contribution in [0.25, 0.3) is 11.0 Å². The Morgan fingerprint density at radius 1 is 1.19 bits per heavy atom. The van der Waals surface area contributed by atoms with Crippen molar-refractivity contribution in [3.05, 3.63) is 58.0 Å². The number of rotatable bonds is 6. The number of para-hydroxylation sites is 1. The number of anilines is 1. The molecule has 0 bridgehead atoms. The largest absolute Gasteiger partial charge is 0.496 e. The SMILES string of the molecule is COc1cc(NC(=O)[C@H]2CC[C@@H](n3c(=O)[nH]c4c(C5(C(N)=O)CNCCO5)cccc43)CC2)ccc1C. The third kappa shape index (κ3) is 4.51. The molecule has 1 atom stereocenters. The second-order valence-corrected chi connectivity index (χ2v) is 9.90. The van der Waals surface area contributed by atoms with Crippen molar-refractivity contribution in [1.82, 2.24) is 14.9 Å². The van der Waals surface area contributed by atoms with Crippen LogP contribution in [0.2, 0.25) is 0 Å². The molecule has 5 N–H and O–H groups in total. The van der Waals surface area contributed by atoms with Crippen molar-refractivity contribution in [1.29, 1.82) is 0 Å². The zero-order valence-electron chi connectivity index (χ0n) is 21.1. The van der Waals surface area contributed by atoms with Crippen molar-refractivity contribution in [2.45, 2.75) is 44.2 Å². The van der Waals surface area contributed by atoms with Crippen LogP contribution < -0.4 is 26.8 Å². The number of methoxy groups -OCH3 is 1. The first-order valence-corrected chi connectivity index (χ1v) is 12.7. The van der Waals surface area contributed by atoms with Crippen molar-refractivity contribution >= 4 is 28.5 Å². The van der Waals surface area contributed by atoms with Crippen LogP contribution in [0.5, 0.6) is 5.75 Å². The quantitative estimate of drug-likeness (QED) is 0.404. The number of imidazole rings is 1. The Labute approximate surface area is 214 Å². The summed E-state index contributed by atoms with van der Waals surface area (Å²) in [6.07, 6.45) is 2.70. The maximum atomic E-state index is 13.1. The molecule has 1 saturated heterocycles. The molecule has 1 unspecified atom stereocenters. The van der Waals surface area contributed by atoms with E-state index >= 15 is 0 Å². The van der Waals surface area contributed by atoms with Gasteiger partial charge in [0.15, 0.2) is 5.60 Å². The first-order valence-electron chi connectivity index (χ1n) is 12.7. The molecule has 3 aromatic rings. The van der Waals surface area contributed by atoms with Crippen LogP contribution in [0.3, 0.4) is 0 Å². The number of benzene rings is 2. The number of ether oxygens (including phenoxy) is 2. The molecule has 2 aliphatic rings. The number of hydrogen-bond donors (Lipinski definition) is 4. The highest BCUT2D eigenvalue weighted by atomic mass is 16.5. The fourth-order valence-corrected chi connectivity index (χ4v) is 5.66. The van der Waals surface area contributed by atoms with Crippen LogP contribution in [0.15, 0.2) is 41.2 Å². The van der Waals surface area contributed by atoms with E-state index in [-0.39, 0.29) is 30.1 Å². The molecule has 1 aromatic heterocycles. The van der Waals surface area contributed by atoms with Gasteiger partial charge in [-0.25, -0.2) is 4.79 Å². The highest BCUT2D eigenvalue weighted by Gasteiger charge is 2.43. The Morgan fingerprint density at radius 2 is 1.97 bits per heavy atom. The molecular weight excluding hydrogens is 474 g/mol. The number of aromatic amines is 1. The molecule has 10 nitrogen and oxygen atoms in total. The lowest BCUT2D eigenvalue weighted by molar-refractivity contribution is -0.148. The Kier molecular flexibility index (Phi) is 6.78. The Hall–Kier alpha value is -3.63. The average Bonchev–Trinajstić information content (AvgIpc) is 3.25. The number of nitrogens with one attached hydrogen (secondary N) is 3. The minimum Gasteiger partial charge on any atom is -0.496 e. The minimum absolute atomic E-state index is 0.0248. The molecule has 196 valence electrons. The number of morpholine rings is 1. The van der Waals surface area contributed by atoms with Crippen LogP contribution in [-0.4, -0.2) is 48.2 Å². The van der Waals surface area contributed by atoms with Gasteiger partial charge in [-0.05, 0) is 50.3 Å². The zero-order valence-corrected chi connectivity index (χ0v) is 21.1. The van der Waals surface area contributed by atoms with E-state index in [1.807, 2.05) is 37.3 Å². The van der Waals surface area contributed by atoms with Crippen LogP contribution in [0, 0.1) is 12.8 Å². The smallest absolute Gasteiger partial charge is 0.326 e. The van der Waals surface area contributed by atoms with Gasteiger partial charge in [-0.1, -0.05) is 18.2 Å². The van der Waals surface area contributed by atoms with Crippen molar-refractivity contribution in [3.63, 3.8) is 0 Å². The molecule has 2 amide bonds. The number of carbonyl (C=O) groups is 2. The molecule has 5 rings (SSSR count). The normalized spacial score (nSPS) is 24.1. The van der Waals surface area contributed by atoms with E-state index in [1.165, 1.54) is 0 Å². The second kappa shape index (κ2) is 10.0. The van der Waals surface area contributed by atoms with Crippen molar-refractivity contribution in [3.8, 4) is 5.75 Å². The number of primary amides is 1. The van der Waals surface area contributed by atoms with Gasteiger partial charge in [-0.2, -0.15) is 0 Å². The third-order valence-corrected chi connectivity index (χ3v) is 7.70. The van der Waals surface area contributed by atoms with Gasteiger partial charge in [0.25, 0.3) is 5.91 Å². The summed E-state index contributed by atoms with van der Waals surface area (Å²) in [5, 5.41) is 6.18. The number of fused-ring (bicyclic) bond motifs is 1. The molecular formula is C27H33N5O5. The van der Waals surface area contributed by atoms with Crippen LogP contribution in [0.1, 0.15) is 42.9 Å². The van der Waals surface area contributed by atoms with Crippen molar-refractivity contribution in [2.75, 3.05) is 32.1 Å². The highest BCUT2D eigenvalue weighted by Crippen LogP contribution is 2.36. The minimum atomic E-state index is -1.35. The van der Waals surface area contributed by atoms with Gasteiger partial charge in [0, 0.05) is 42.4 Å². The number of amides is 2. The van der Waals surface area contributed by atoms with Gasteiger partial charge in [0.05, 0.1) is 24.8 Å². The highest BCUT2D eigenvalue weighted by molar-refractivity contribution is 5.93. The topological polar surface area (TPSA) is 140 Å². The lowest BCUT2D eigenvalue weighted by atomic mass is 9.85. The summed E-state index contributed by atoms with van der Waals surface area (Å²) in [7, 11) is 1.61. The third-order valence-electron chi connectivity index (χ3n) is 7.70. The van der Waals surface area contributed by atoms with E-state index in [2.05, 4.69) is 15.6 Å². The molecule has 0 spiro atoms. The van der Waals surface area contributed by atoms with Gasteiger partial charge in [-0.3, -0.25) is 14.2 Å². The standard InChI is InChI=1S/C27H33N5O5/c1-16-6-9-18(14-22(16)36-2)30-24(33)17-7-10-19(11-8-17)32-21-5-3-4-20(23(21)31-26(32)35)27(25(28)34)15-29-12-13-37-27/h3-6,9,14,17,19,29H,7-8,10-13,15H2,1-2H3,(H2,28,34)(H,30,33)(H,31,35)/t17-,19+,27?. The molecule has 1 aliphatic heterocycles. The molecule has 2 heterocycles. The zero-order chi connectivity index (χ0) is 26.2. The van der Waals surface area contributed by atoms with Gasteiger partial charge >= 0.3 is 5.69 Å². The first-order chi connectivity index (χ1) is 17.8. The monoisotopic (exact) mass is 507 g/mol. The molecule has 10 heteroatoms. The summed E-state index contributed by atoms with van der Waals surface area (Å²) in [6.45, 7) is 3.15. The average molecular weight is 508 g/mol. The van der Waals surface area contributed by atoms with Gasteiger partial charge < -0.3 is 30.8 Å². The summed E-state index contributed by atoms with van der Waals surface area (Å²) < 4.78 is 13.0. The second-order valence-electron chi connectivity index (χ2n) is 9.90. The predicted octanol–water partition coefficient (Wildman–Crippen LogP) is 2.32. The maximum absolute atomic E-state index is 13.1. The van der Waals surface area contributed by atoms with Gasteiger partial charge in [0.1, 0.15) is 5.75 Å². The number of nitrogens with two attached hydrogens (primary N) is 1. The molecule has 1 saturated carbocycles. The Morgan fingerprint density at radius 3 is 2.65 bits per heavy atom. The lowest BCUT2D eigenvalue weighted by Crippen LogP contribution is -2.55. The molecule has 2 fully saturated rings. The fraction of sp³-hybridized carbons (Fsp3) is 0.444. The van der Waals surface area contributed by atoms with Crippen molar-refractivity contribution in [2.24, 2.45) is 11.7 Å². The summed E-state index contributed by atoms with van der Waals surface area (Å²) in [4.78, 5) is 41.6. The Bertz CT molecular complexity index is 1380. The number of H-pyrrole nitrogens is 1. The maximum Gasteiger partial charge on any atom is 0.326 e. The Balaban J connectivity index is 1.35. The summed E-state index contributed by atoms with van der Waals surface area (Å²) in [5.74, 6) is -0.0336. The van der Waals surface area contributed by atoms with Crippen molar-refractivity contribution < 1.29 is 19.1 Å². The van der Waals surface area contributed by atoms with Crippen LogP contribution in [-0.2, 0) is 19.9 Å². The molecule has 0 radical (unpaired) electrons.